The number of hydrogen-bond acceptors (Lipinski definition) is 7. The van der Waals surface area contributed by atoms with E-state index < -0.39 is 4.92 Å². The molecule has 0 saturated heterocycles. The van der Waals surface area contributed by atoms with Crippen LogP contribution in [-0.4, -0.2) is 26.7 Å². The molecule has 0 fully saturated rings. The predicted octanol–water partition coefficient (Wildman–Crippen LogP) is 4.24. The van der Waals surface area contributed by atoms with Crippen LogP contribution >= 0.6 is 11.8 Å². The Hall–Kier alpha value is -3.00. The summed E-state index contributed by atoms with van der Waals surface area (Å²) in [7, 11) is 0. The van der Waals surface area contributed by atoms with Crippen molar-refractivity contribution in [1.82, 2.24) is 10.2 Å². The Morgan fingerprint density at radius 3 is 2.77 bits per heavy atom. The third kappa shape index (κ3) is 3.97. The molecule has 1 heterocycles. The van der Waals surface area contributed by atoms with Crippen LogP contribution in [0.2, 0.25) is 0 Å². The normalized spacial score (nSPS) is 10.7. The van der Waals surface area contributed by atoms with E-state index >= 15 is 0 Å². The summed E-state index contributed by atoms with van der Waals surface area (Å²) in [6.45, 7) is 3.83. The first-order valence-corrected chi connectivity index (χ1v) is 8.74. The highest BCUT2D eigenvalue weighted by Crippen LogP contribution is 2.26. The quantitative estimate of drug-likeness (QED) is 0.277. The first kappa shape index (κ1) is 17.8. The van der Waals surface area contributed by atoms with Gasteiger partial charge in [0.2, 0.25) is 5.89 Å². The molecule has 0 unspecified atom stereocenters. The van der Waals surface area contributed by atoms with Crippen molar-refractivity contribution in [2.24, 2.45) is 0 Å². The van der Waals surface area contributed by atoms with Gasteiger partial charge in [0, 0.05) is 23.3 Å². The molecule has 0 radical (unpaired) electrons. The van der Waals surface area contributed by atoms with E-state index in [0.29, 0.717) is 11.1 Å². The first-order chi connectivity index (χ1) is 12.4. The fourth-order valence-corrected chi connectivity index (χ4v) is 3.03. The summed E-state index contributed by atoms with van der Waals surface area (Å²) in [5.41, 5.74) is 3.02. The lowest BCUT2D eigenvalue weighted by molar-refractivity contribution is -0.384. The second-order valence-corrected chi connectivity index (χ2v) is 6.64. The molecule has 0 aliphatic carbocycles. The van der Waals surface area contributed by atoms with Gasteiger partial charge in [-0.05, 0) is 31.5 Å². The van der Waals surface area contributed by atoms with Gasteiger partial charge in [0.1, 0.15) is 0 Å². The van der Waals surface area contributed by atoms with Crippen LogP contribution < -0.4 is 0 Å². The molecule has 8 heteroatoms. The van der Waals surface area contributed by atoms with E-state index in [4.69, 9.17) is 4.42 Å². The van der Waals surface area contributed by atoms with Gasteiger partial charge in [0.15, 0.2) is 5.78 Å². The second-order valence-electron chi connectivity index (χ2n) is 5.71. The monoisotopic (exact) mass is 369 g/mol. The number of aromatic nitrogens is 2. The maximum absolute atomic E-state index is 12.4. The van der Waals surface area contributed by atoms with Crippen molar-refractivity contribution >= 4 is 23.2 Å². The third-order valence-electron chi connectivity index (χ3n) is 3.73. The van der Waals surface area contributed by atoms with Gasteiger partial charge in [-0.2, -0.15) is 0 Å². The lowest BCUT2D eigenvalue weighted by atomic mass is 10.0. The van der Waals surface area contributed by atoms with Gasteiger partial charge >= 0.3 is 0 Å². The third-order valence-corrected chi connectivity index (χ3v) is 4.55. The van der Waals surface area contributed by atoms with Gasteiger partial charge in [0.05, 0.1) is 10.7 Å². The number of Topliss-reactive ketones (excluding diaryl/α,β-unsaturated/α-hetero) is 1. The molecule has 2 aromatic carbocycles. The number of benzene rings is 2. The fraction of sp³-hybridized carbons (Fsp3) is 0.167. The lowest BCUT2D eigenvalue weighted by Crippen LogP contribution is -2.05. The maximum Gasteiger partial charge on any atom is 0.277 e. The largest absolute Gasteiger partial charge is 0.411 e. The molecule has 0 bridgehead atoms. The Morgan fingerprint density at radius 1 is 1.19 bits per heavy atom. The summed E-state index contributed by atoms with van der Waals surface area (Å²) in [6.07, 6.45) is 0. The Bertz CT molecular complexity index is 984. The molecular weight excluding hydrogens is 354 g/mol. The van der Waals surface area contributed by atoms with Gasteiger partial charge in [-0.3, -0.25) is 14.9 Å². The molecule has 0 spiro atoms. The van der Waals surface area contributed by atoms with E-state index in [1.807, 2.05) is 32.0 Å². The van der Waals surface area contributed by atoms with Crippen molar-refractivity contribution in [3.63, 3.8) is 0 Å². The van der Waals surface area contributed by atoms with Crippen LogP contribution in [-0.2, 0) is 0 Å². The average Bonchev–Trinajstić information content (AvgIpc) is 3.11. The van der Waals surface area contributed by atoms with Crippen LogP contribution in [0.25, 0.3) is 11.5 Å². The highest BCUT2D eigenvalue weighted by Gasteiger charge is 2.15. The minimum Gasteiger partial charge on any atom is -0.411 e. The van der Waals surface area contributed by atoms with E-state index in [1.54, 1.807) is 12.1 Å². The maximum atomic E-state index is 12.4. The molecule has 1 aromatic heterocycles. The van der Waals surface area contributed by atoms with Crippen LogP contribution in [0, 0.1) is 24.0 Å². The fourth-order valence-electron chi connectivity index (χ4n) is 2.38. The van der Waals surface area contributed by atoms with Gasteiger partial charge in [0.25, 0.3) is 10.9 Å². The van der Waals surface area contributed by atoms with Crippen molar-refractivity contribution in [2.45, 2.75) is 19.1 Å². The van der Waals surface area contributed by atoms with Crippen molar-refractivity contribution in [1.29, 1.82) is 0 Å². The molecule has 0 atom stereocenters. The van der Waals surface area contributed by atoms with Gasteiger partial charge < -0.3 is 4.42 Å². The standard InChI is InChI=1S/C18H15N3O4S/c1-11-6-7-12(2)15(8-11)16(22)10-26-18-20-19-17(25-18)13-4-3-5-14(9-13)21(23)24/h3-9H,10H2,1-2H3. The highest BCUT2D eigenvalue weighted by atomic mass is 32.2. The summed E-state index contributed by atoms with van der Waals surface area (Å²) < 4.78 is 5.51. The summed E-state index contributed by atoms with van der Waals surface area (Å²) >= 11 is 1.14. The number of nitro benzene ring substituents is 1. The lowest BCUT2D eigenvalue weighted by Gasteiger charge is -2.04. The average molecular weight is 369 g/mol. The molecule has 3 rings (SSSR count). The van der Waals surface area contributed by atoms with E-state index in [0.717, 1.165) is 22.9 Å². The first-order valence-electron chi connectivity index (χ1n) is 7.75. The number of rotatable bonds is 6. The van der Waals surface area contributed by atoms with Crippen LogP contribution in [0.4, 0.5) is 5.69 Å². The van der Waals surface area contributed by atoms with E-state index in [9.17, 15) is 14.9 Å². The summed E-state index contributed by atoms with van der Waals surface area (Å²) in [4.78, 5) is 22.8. The number of carbonyl (C=O) groups excluding carboxylic acids is 1. The summed E-state index contributed by atoms with van der Waals surface area (Å²) in [6, 6.07) is 11.7. The number of nitro groups is 1. The number of ketones is 1. The van der Waals surface area contributed by atoms with Crippen LogP contribution in [0.1, 0.15) is 21.5 Å². The van der Waals surface area contributed by atoms with Crippen LogP contribution in [0.15, 0.2) is 52.1 Å². The zero-order valence-corrected chi connectivity index (χ0v) is 14.9. The Kier molecular flexibility index (Phi) is 5.13. The van der Waals surface area contributed by atoms with Gasteiger partial charge in [-0.15, -0.1) is 10.2 Å². The van der Waals surface area contributed by atoms with E-state index in [-0.39, 0.29) is 28.3 Å². The smallest absolute Gasteiger partial charge is 0.277 e. The summed E-state index contributed by atoms with van der Waals surface area (Å²) in [5, 5.41) is 18.9. The van der Waals surface area contributed by atoms with Crippen LogP contribution in [0.5, 0.6) is 0 Å². The van der Waals surface area contributed by atoms with E-state index in [1.165, 1.54) is 12.1 Å². The molecule has 0 N–H and O–H groups in total. The molecule has 0 aliphatic rings. The Morgan fingerprint density at radius 2 is 2.00 bits per heavy atom. The highest BCUT2D eigenvalue weighted by molar-refractivity contribution is 7.99. The Balaban J connectivity index is 1.71. The topological polar surface area (TPSA) is 99.1 Å². The molecule has 132 valence electrons. The zero-order chi connectivity index (χ0) is 18.7. The zero-order valence-electron chi connectivity index (χ0n) is 14.1. The molecule has 0 saturated carbocycles. The number of carbonyl (C=O) groups is 1. The molecule has 0 aliphatic heterocycles. The van der Waals surface area contributed by atoms with Crippen molar-refractivity contribution in [2.75, 3.05) is 5.75 Å². The van der Waals surface area contributed by atoms with Crippen LogP contribution in [0.3, 0.4) is 0 Å². The number of aryl methyl sites for hydroxylation is 2. The van der Waals surface area contributed by atoms with Crippen molar-refractivity contribution < 1.29 is 14.1 Å². The van der Waals surface area contributed by atoms with Crippen molar-refractivity contribution in [3.8, 4) is 11.5 Å². The number of nitrogens with zero attached hydrogens (tertiary/aromatic N) is 3. The van der Waals surface area contributed by atoms with Crippen molar-refractivity contribution in [3.05, 3.63) is 69.3 Å². The SMILES string of the molecule is Cc1ccc(C)c(C(=O)CSc2nnc(-c3cccc([N+](=O)[O-])c3)o2)c1. The number of thioether (sulfide) groups is 1. The second kappa shape index (κ2) is 7.49. The minimum atomic E-state index is -0.488. The molecule has 0 amide bonds. The summed E-state index contributed by atoms with van der Waals surface area (Å²) in [5.74, 6) is 0.322. The molecule has 26 heavy (non-hydrogen) atoms. The number of hydrogen-bond donors (Lipinski definition) is 0. The Labute approximate surface area is 153 Å². The van der Waals surface area contributed by atoms with E-state index in [2.05, 4.69) is 10.2 Å². The molecular formula is C18H15N3O4S. The minimum absolute atomic E-state index is 0.0219. The predicted molar refractivity (Wildman–Crippen MR) is 97.4 cm³/mol. The van der Waals surface area contributed by atoms with Gasteiger partial charge in [-0.25, -0.2) is 0 Å². The number of non-ortho nitro benzene ring substituents is 1. The molecule has 7 nitrogen and oxygen atoms in total. The molecule has 3 aromatic rings. The van der Waals surface area contributed by atoms with Gasteiger partial charge in [-0.1, -0.05) is 35.5 Å².